The van der Waals surface area contributed by atoms with Crippen molar-refractivity contribution < 1.29 is 5.11 Å². The minimum atomic E-state index is -0.153. The van der Waals surface area contributed by atoms with Crippen molar-refractivity contribution in [2.45, 2.75) is 6.73 Å². The highest BCUT2D eigenvalue weighted by atomic mass is 32.1. The summed E-state index contributed by atoms with van der Waals surface area (Å²) in [7, 11) is 1.78. The summed E-state index contributed by atoms with van der Waals surface area (Å²) in [5, 5.41) is 12.3. The van der Waals surface area contributed by atoms with Crippen LogP contribution in [0.4, 0.5) is 0 Å². The first-order valence-electron chi connectivity index (χ1n) is 2.45. The van der Waals surface area contributed by atoms with E-state index in [2.05, 4.69) is 5.10 Å². The molecule has 0 atom stereocenters. The topological polar surface area (TPSA) is 43.0 Å². The largest absolute Gasteiger partial charge is 0.374 e. The molecule has 1 aromatic rings. The second-order valence-corrected chi connectivity index (χ2v) is 2.03. The van der Waals surface area contributed by atoms with Crippen LogP contribution in [-0.2, 0) is 13.8 Å². The molecule has 1 heterocycles. The molecule has 4 nitrogen and oxygen atoms in total. The number of hydrogen-bond acceptors (Lipinski definition) is 3. The fraction of sp³-hybridized carbons (Fsp3) is 0.500. The summed E-state index contributed by atoms with van der Waals surface area (Å²) in [4.78, 5) is 0. The summed E-state index contributed by atoms with van der Waals surface area (Å²) in [6, 6.07) is 0. The van der Waals surface area contributed by atoms with Gasteiger partial charge in [0.15, 0.2) is 4.77 Å². The maximum Gasteiger partial charge on any atom is 0.199 e. The summed E-state index contributed by atoms with van der Waals surface area (Å²) < 4.78 is 3.51. The first kappa shape index (κ1) is 6.44. The maximum absolute atomic E-state index is 8.55. The Labute approximate surface area is 57.4 Å². The van der Waals surface area contributed by atoms with E-state index in [1.54, 1.807) is 17.9 Å². The molecule has 9 heavy (non-hydrogen) atoms. The van der Waals surface area contributed by atoms with Crippen LogP contribution in [0.3, 0.4) is 0 Å². The predicted octanol–water partition coefficient (Wildman–Crippen LogP) is -0.0991. The lowest BCUT2D eigenvalue weighted by Gasteiger charge is -1.89. The van der Waals surface area contributed by atoms with Gasteiger partial charge in [-0.1, -0.05) is 0 Å². The standard InChI is InChI=1S/C4H7N3OS/c1-6-2-5-7(3-8)4(6)9/h2,8H,3H2,1H3. The first-order chi connectivity index (χ1) is 4.25. The highest BCUT2D eigenvalue weighted by molar-refractivity contribution is 7.71. The molecule has 0 saturated heterocycles. The Bertz CT molecular complexity index is 251. The Balaban J connectivity index is 3.20. The lowest BCUT2D eigenvalue weighted by molar-refractivity contribution is 0.192. The molecule has 0 aliphatic rings. The monoisotopic (exact) mass is 145 g/mol. The molecule has 0 aromatic carbocycles. The van der Waals surface area contributed by atoms with Crippen molar-refractivity contribution in [1.82, 2.24) is 14.3 Å². The fourth-order valence-corrected chi connectivity index (χ4v) is 0.670. The van der Waals surface area contributed by atoms with Crippen LogP contribution in [0, 0.1) is 4.77 Å². The van der Waals surface area contributed by atoms with Gasteiger partial charge in [0.1, 0.15) is 13.1 Å². The highest BCUT2D eigenvalue weighted by Crippen LogP contribution is 1.86. The summed E-state index contributed by atoms with van der Waals surface area (Å²) in [5.74, 6) is 0. The van der Waals surface area contributed by atoms with E-state index in [0.717, 1.165) is 0 Å². The molecule has 0 aliphatic heterocycles. The zero-order valence-corrected chi connectivity index (χ0v) is 5.80. The third kappa shape index (κ3) is 1.01. The van der Waals surface area contributed by atoms with Crippen LogP contribution in [0.2, 0.25) is 0 Å². The van der Waals surface area contributed by atoms with Crippen molar-refractivity contribution in [1.29, 1.82) is 0 Å². The van der Waals surface area contributed by atoms with E-state index in [-0.39, 0.29) is 6.73 Å². The smallest absolute Gasteiger partial charge is 0.199 e. The number of aliphatic hydroxyl groups is 1. The Hall–Kier alpha value is -0.680. The Kier molecular flexibility index (Phi) is 1.63. The minimum Gasteiger partial charge on any atom is -0.374 e. The van der Waals surface area contributed by atoms with Crippen LogP contribution in [0.25, 0.3) is 0 Å². The van der Waals surface area contributed by atoms with Gasteiger partial charge >= 0.3 is 0 Å². The second kappa shape index (κ2) is 2.28. The van der Waals surface area contributed by atoms with Crippen molar-refractivity contribution in [3.63, 3.8) is 0 Å². The van der Waals surface area contributed by atoms with Crippen molar-refractivity contribution in [3.05, 3.63) is 11.1 Å². The van der Waals surface area contributed by atoms with Gasteiger partial charge in [0, 0.05) is 7.05 Å². The van der Waals surface area contributed by atoms with Crippen molar-refractivity contribution >= 4 is 12.2 Å². The molecular weight excluding hydrogens is 138 g/mol. The predicted molar refractivity (Wildman–Crippen MR) is 34.3 cm³/mol. The van der Waals surface area contributed by atoms with Crippen molar-refractivity contribution in [3.8, 4) is 0 Å². The van der Waals surface area contributed by atoms with Gasteiger partial charge in [-0.2, -0.15) is 5.10 Å². The van der Waals surface area contributed by atoms with E-state index >= 15 is 0 Å². The molecule has 0 fully saturated rings. The van der Waals surface area contributed by atoms with Gasteiger partial charge in [-0.05, 0) is 12.2 Å². The van der Waals surface area contributed by atoms with Crippen LogP contribution in [0.15, 0.2) is 6.33 Å². The molecule has 1 N–H and O–H groups in total. The lowest BCUT2D eigenvalue weighted by atomic mass is 11.0. The Morgan fingerprint density at radius 3 is 2.78 bits per heavy atom. The second-order valence-electron chi connectivity index (χ2n) is 1.67. The van der Waals surface area contributed by atoms with E-state index in [9.17, 15) is 0 Å². The molecule has 0 radical (unpaired) electrons. The van der Waals surface area contributed by atoms with Crippen molar-refractivity contribution in [2.75, 3.05) is 0 Å². The molecule has 5 heteroatoms. The average molecular weight is 145 g/mol. The van der Waals surface area contributed by atoms with Gasteiger partial charge in [0.25, 0.3) is 0 Å². The number of rotatable bonds is 1. The summed E-state index contributed by atoms with van der Waals surface area (Å²) >= 11 is 4.83. The van der Waals surface area contributed by atoms with Gasteiger partial charge in [-0.3, -0.25) is 0 Å². The molecule has 0 amide bonds. The Morgan fingerprint density at radius 1 is 1.89 bits per heavy atom. The van der Waals surface area contributed by atoms with Crippen LogP contribution < -0.4 is 0 Å². The first-order valence-corrected chi connectivity index (χ1v) is 2.86. The molecule has 0 spiro atoms. The fourth-order valence-electron chi connectivity index (χ4n) is 0.518. The summed E-state index contributed by atoms with van der Waals surface area (Å²) in [6.07, 6.45) is 1.55. The molecule has 0 unspecified atom stereocenters. The zero-order valence-electron chi connectivity index (χ0n) is 4.98. The van der Waals surface area contributed by atoms with E-state index in [1.807, 2.05) is 0 Å². The molecule has 0 saturated carbocycles. The van der Waals surface area contributed by atoms with Gasteiger partial charge in [0.05, 0.1) is 0 Å². The third-order valence-corrected chi connectivity index (χ3v) is 1.52. The quantitative estimate of drug-likeness (QED) is 0.561. The molecule has 1 rings (SSSR count). The average Bonchev–Trinajstić information content (AvgIpc) is 2.15. The molecular formula is C4H7N3OS. The number of aliphatic hydroxyl groups excluding tert-OH is 1. The van der Waals surface area contributed by atoms with Gasteiger partial charge in [0.2, 0.25) is 0 Å². The van der Waals surface area contributed by atoms with Gasteiger partial charge in [-0.25, -0.2) is 4.68 Å². The van der Waals surface area contributed by atoms with Gasteiger partial charge < -0.3 is 9.67 Å². The number of aryl methyl sites for hydroxylation is 1. The van der Waals surface area contributed by atoms with Crippen molar-refractivity contribution in [2.24, 2.45) is 7.05 Å². The van der Waals surface area contributed by atoms with Crippen LogP contribution >= 0.6 is 12.2 Å². The summed E-state index contributed by atoms with van der Waals surface area (Å²) in [6.45, 7) is -0.153. The number of hydrogen-bond donors (Lipinski definition) is 1. The summed E-state index contributed by atoms with van der Waals surface area (Å²) in [5.41, 5.74) is 0. The highest BCUT2D eigenvalue weighted by Gasteiger charge is 1.91. The number of aromatic nitrogens is 3. The van der Waals surface area contributed by atoms with E-state index < -0.39 is 0 Å². The molecule has 1 aromatic heterocycles. The van der Waals surface area contributed by atoms with E-state index in [0.29, 0.717) is 4.77 Å². The van der Waals surface area contributed by atoms with Gasteiger partial charge in [-0.15, -0.1) is 0 Å². The molecule has 0 bridgehead atoms. The number of nitrogens with zero attached hydrogens (tertiary/aromatic N) is 3. The maximum atomic E-state index is 8.55. The van der Waals surface area contributed by atoms with Crippen LogP contribution in [-0.4, -0.2) is 19.5 Å². The normalized spacial score (nSPS) is 10.0. The SMILES string of the molecule is Cn1cnn(CO)c1=S. The molecule has 0 aliphatic carbocycles. The van der Waals surface area contributed by atoms with E-state index in [4.69, 9.17) is 17.3 Å². The van der Waals surface area contributed by atoms with Crippen LogP contribution in [0.1, 0.15) is 0 Å². The Morgan fingerprint density at radius 2 is 2.56 bits per heavy atom. The third-order valence-electron chi connectivity index (χ3n) is 1.02. The zero-order chi connectivity index (χ0) is 6.85. The van der Waals surface area contributed by atoms with E-state index in [1.165, 1.54) is 4.68 Å². The van der Waals surface area contributed by atoms with Crippen LogP contribution in [0.5, 0.6) is 0 Å². The lowest BCUT2D eigenvalue weighted by Crippen LogP contribution is -1.99. The molecule has 50 valence electrons. The minimum absolute atomic E-state index is 0.153.